The number of thiophene rings is 1. The number of hydrogen-bond donors (Lipinski definition) is 3. The molecule has 0 saturated carbocycles. The number of carbonyl (C=O) groups is 2. The number of nitrogens with one attached hydrogen (secondary N) is 3. The highest BCUT2D eigenvalue weighted by Gasteiger charge is 2.19. The van der Waals surface area contributed by atoms with Crippen LogP contribution in [0.5, 0.6) is 0 Å². The number of aromatic amines is 1. The number of amides is 2. The number of piperazine rings is 1. The van der Waals surface area contributed by atoms with Gasteiger partial charge in [-0.05, 0) is 42.4 Å². The Morgan fingerprint density at radius 1 is 1.00 bits per heavy atom. The number of rotatable bonds is 7. The van der Waals surface area contributed by atoms with Gasteiger partial charge < -0.3 is 20.4 Å². The number of carbonyl (C=O) groups excluding carboxylic acids is 2. The minimum absolute atomic E-state index is 0.156. The summed E-state index contributed by atoms with van der Waals surface area (Å²) in [6, 6.07) is 19.2. The Morgan fingerprint density at radius 2 is 1.74 bits per heavy atom. The molecule has 1 fully saturated rings. The van der Waals surface area contributed by atoms with E-state index in [1.807, 2.05) is 54.6 Å². The highest BCUT2D eigenvalue weighted by atomic mass is 32.1. The number of aromatic nitrogens is 2. The van der Waals surface area contributed by atoms with Crippen molar-refractivity contribution in [3.05, 3.63) is 76.7 Å². The van der Waals surface area contributed by atoms with Crippen LogP contribution in [0.15, 0.2) is 60.7 Å². The summed E-state index contributed by atoms with van der Waals surface area (Å²) < 4.78 is 0.744. The van der Waals surface area contributed by atoms with Crippen LogP contribution in [0, 0.1) is 0 Å². The fourth-order valence-corrected chi connectivity index (χ4v) is 5.17. The second-order valence-corrected chi connectivity index (χ2v) is 9.57. The average molecular weight is 489 g/mol. The predicted octanol–water partition coefficient (Wildman–Crippen LogP) is 3.95. The lowest BCUT2D eigenvalue weighted by atomic mass is 10.1. The molecule has 4 aromatic rings. The molecule has 8 nitrogen and oxygen atoms in total. The first-order valence-electron chi connectivity index (χ1n) is 11.8. The molecular weight excluding hydrogens is 460 g/mol. The third-order valence-corrected chi connectivity index (χ3v) is 7.44. The van der Waals surface area contributed by atoms with E-state index in [1.165, 1.54) is 11.3 Å². The molecule has 180 valence electrons. The molecule has 0 aliphatic carbocycles. The molecule has 9 heteroatoms. The number of fused-ring (bicyclic) bond motifs is 1. The van der Waals surface area contributed by atoms with Gasteiger partial charge in [0.05, 0.1) is 15.1 Å². The molecule has 0 unspecified atom stereocenters. The topological polar surface area (TPSA) is 93.4 Å². The number of benzene rings is 2. The van der Waals surface area contributed by atoms with Gasteiger partial charge in [0.2, 0.25) is 0 Å². The monoisotopic (exact) mass is 488 g/mol. The lowest BCUT2D eigenvalue weighted by Gasteiger charge is -2.35. The molecule has 2 aromatic carbocycles. The Labute approximate surface area is 207 Å². The largest absolute Gasteiger partial charge is 0.369 e. The molecular formula is C26H28N6O2S. The van der Waals surface area contributed by atoms with E-state index in [0.29, 0.717) is 22.8 Å². The first-order valence-corrected chi connectivity index (χ1v) is 12.6. The Morgan fingerprint density at radius 3 is 2.46 bits per heavy atom. The minimum atomic E-state index is -0.232. The van der Waals surface area contributed by atoms with Crippen molar-refractivity contribution >= 4 is 44.9 Å². The summed E-state index contributed by atoms with van der Waals surface area (Å²) in [6.45, 7) is 7.82. The molecule has 0 bridgehead atoms. The Kier molecular flexibility index (Phi) is 6.78. The molecule has 5 rings (SSSR count). The third kappa shape index (κ3) is 5.21. The standard InChI is InChI=1S/C26H28N6O2S/c1-2-31-12-14-32(15-13-31)20-10-8-19(9-11-20)25(33)28-24-23-21(29-30-24)16-22(35-23)26(34)27-17-18-6-4-3-5-7-18/h3-11,16H,2,12-15,17H2,1H3,(H,27,34)(H2,28,29,30,33). The molecule has 2 aromatic heterocycles. The lowest BCUT2D eigenvalue weighted by Crippen LogP contribution is -2.46. The van der Waals surface area contributed by atoms with Crippen molar-refractivity contribution in [3.63, 3.8) is 0 Å². The minimum Gasteiger partial charge on any atom is -0.369 e. The number of likely N-dealkylation sites (N-methyl/N-ethyl adjacent to an activating group) is 1. The molecule has 2 amide bonds. The second-order valence-electron chi connectivity index (χ2n) is 8.52. The maximum atomic E-state index is 12.9. The van der Waals surface area contributed by atoms with Crippen molar-refractivity contribution in [3.8, 4) is 0 Å². The maximum absolute atomic E-state index is 12.9. The van der Waals surface area contributed by atoms with E-state index in [-0.39, 0.29) is 11.8 Å². The quantitative estimate of drug-likeness (QED) is 0.366. The van der Waals surface area contributed by atoms with Crippen molar-refractivity contribution in [1.82, 2.24) is 20.4 Å². The molecule has 1 aliphatic heterocycles. The molecule has 1 aliphatic rings. The van der Waals surface area contributed by atoms with E-state index < -0.39 is 0 Å². The van der Waals surface area contributed by atoms with Crippen LogP contribution in [0.3, 0.4) is 0 Å². The van der Waals surface area contributed by atoms with E-state index in [2.05, 4.69) is 37.6 Å². The predicted molar refractivity (Wildman–Crippen MR) is 140 cm³/mol. The highest BCUT2D eigenvalue weighted by Crippen LogP contribution is 2.30. The van der Waals surface area contributed by atoms with Gasteiger partial charge in [-0.1, -0.05) is 37.3 Å². The van der Waals surface area contributed by atoms with Crippen LogP contribution >= 0.6 is 11.3 Å². The summed E-state index contributed by atoms with van der Waals surface area (Å²) >= 11 is 1.30. The summed E-state index contributed by atoms with van der Waals surface area (Å²) in [7, 11) is 0. The molecule has 0 atom stereocenters. The Balaban J connectivity index is 1.22. The van der Waals surface area contributed by atoms with Crippen molar-refractivity contribution in [2.75, 3.05) is 42.9 Å². The molecule has 35 heavy (non-hydrogen) atoms. The van der Waals surface area contributed by atoms with Crippen LogP contribution in [0.2, 0.25) is 0 Å². The molecule has 3 N–H and O–H groups in total. The zero-order valence-corrected chi connectivity index (χ0v) is 20.4. The first kappa shape index (κ1) is 23.1. The van der Waals surface area contributed by atoms with Gasteiger partial charge >= 0.3 is 0 Å². The van der Waals surface area contributed by atoms with E-state index in [1.54, 1.807) is 6.07 Å². The smallest absolute Gasteiger partial charge is 0.261 e. The SMILES string of the molecule is CCN1CCN(c2ccc(C(=O)Nc3n[nH]c4cc(C(=O)NCc5ccccc5)sc34)cc2)CC1. The maximum Gasteiger partial charge on any atom is 0.261 e. The van der Waals surface area contributed by atoms with Crippen molar-refractivity contribution in [2.24, 2.45) is 0 Å². The zero-order valence-electron chi connectivity index (χ0n) is 19.6. The van der Waals surface area contributed by atoms with Crippen LogP contribution in [0.25, 0.3) is 10.2 Å². The van der Waals surface area contributed by atoms with Gasteiger partial charge in [0, 0.05) is 44.0 Å². The number of H-pyrrole nitrogens is 1. The zero-order chi connectivity index (χ0) is 24.2. The van der Waals surface area contributed by atoms with Crippen LogP contribution in [0.4, 0.5) is 11.5 Å². The van der Waals surface area contributed by atoms with Crippen LogP contribution in [-0.4, -0.2) is 59.6 Å². The second kappa shape index (κ2) is 10.3. The summed E-state index contributed by atoms with van der Waals surface area (Å²) in [4.78, 5) is 30.8. The van der Waals surface area contributed by atoms with E-state index in [9.17, 15) is 9.59 Å². The molecule has 1 saturated heterocycles. The molecule has 0 spiro atoms. The average Bonchev–Trinajstić information content (AvgIpc) is 3.50. The van der Waals surface area contributed by atoms with Crippen LogP contribution < -0.4 is 15.5 Å². The van der Waals surface area contributed by atoms with E-state index >= 15 is 0 Å². The van der Waals surface area contributed by atoms with E-state index in [4.69, 9.17) is 0 Å². The van der Waals surface area contributed by atoms with Gasteiger partial charge in [-0.3, -0.25) is 14.7 Å². The van der Waals surface area contributed by atoms with Crippen molar-refractivity contribution in [2.45, 2.75) is 13.5 Å². The normalized spacial score (nSPS) is 14.3. The summed E-state index contributed by atoms with van der Waals surface area (Å²) in [6.07, 6.45) is 0. The van der Waals surface area contributed by atoms with Crippen molar-refractivity contribution < 1.29 is 9.59 Å². The van der Waals surface area contributed by atoms with Crippen molar-refractivity contribution in [1.29, 1.82) is 0 Å². The van der Waals surface area contributed by atoms with Gasteiger partial charge in [-0.2, -0.15) is 5.10 Å². The summed E-state index contributed by atoms with van der Waals surface area (Å²) in [5.41, 5.74) is 3.45. The highest BCUT2D eigenvalue weighted by molar-refractivity contribution is 7.21. The third-order valence-electron chi connectivity index (χ3n) is 6.30. The number of nitrogens with zero attached hydrogens (tertiary/aromatic N) is 3. The van der Waals surface area contributed by atoms with Crippen LogP contribution in [-0.2, 0) is 6.54 Å². The van der Waals surface area contributed by atoms with Gasteiger partial charge in [0.1, 0.15) is 0 Å². The van der Waals surface area contributed by atoms with Gasteiger partial charge in [0.25, 0.3) is 11.8 Å². The van der Waals surface area contributed by atoms with Gasteiger partial charge in [0.15, 0.2) is 5.82 Å². The summed E-state index contributed by atoms with van der Waals surface area (Å²) in [5.74, 6) is 0.0391. The lowest BCUT2D eigenvalue weighted by molar-refractivity contribution is 0.0954. The number of anilines is 2. The van der Waals surface area contributed by atoms with E-state index in [0.717, 1.165) is 54.2 Å². The van der Waals surface area contributed by atoms with Gasteiger partial charge in [-0.15, -0.1) is 11.3 Å². The fraction of sp³-hybridized carbons (Fsp3) is 0.269. The molecule has 0 radical (unpaired) electrons. The Bertz CT molecular complexity index is 1310. The Hall–Kier alpha value is -3.69. The first-order chi connectivity index (χ1) is 17.1. The molecule has 3 heterocycles. The van der Waals surface area contributed by atoms with Gasteiger partial charge in [-0.25, -0.2) is 0 Å². The fourth-order valence-electron chi connectivity index (χ4n) is 4.20. The van der Waals surface area contributed by atoms with Crippen LogP contribution in [0.1, 0.15) is 32.5 Å². The summed E-state index contributed by atoms with van der Waals surface area (Å²) in [5, 5.41) is 13.0. The number of hydrogen-bond acceptors (Lipinski definition) is 6.